The molecule has 0 saturated carbocycles. The van der Waals surface area contributed by atoms with Crippen LogP contribution in [0.15, 0.2) is 0 Å². The van der Waals surface area contributed by atoms with Crippen LogP contribution >= 0.6 is 11.6 Å². The van der Waals surface area contributed by atoms with Gasteiger partial charge in [-0.15, -0.1) is 0 Å². The van der Waals surface area contributed by atoms with Crippen molar-refractivity contribution >= 4 is 29.3 Å². The number of halogens is 1. The molecular weight excluding hydrogens is 196 g/mol. The Labute approximate surface area is 78.9 Å². The van der Waals surface area contributed by atoms with Crippen molar-refractivity contribution in [1.29, 1.82) is 0 Å². The van der Waals surface area contributed by atoms with Gasteiger partial charge in [0.05, 0.1) is 7.11 Å². The van der Waals surface area contributed by atoms with Crippen LogP contribution in [0.25, 0.3) is 0 Å². The molecule has 1 heterocycles. The molecule has 0 unspecified atom stereocenters. The van der Waals surface area contributed by atoms with E-state index in [4.69, 9.17) is 23.1 Å². The van der Waals surface area contributed by atoms with E-state index in [0.717, 1.165) is 0 Å². The molecule has 0 aliphatic heterocycles. The van der Waals surface area contributed by atoms with Crippen LogP contribution in [0.1, 0.15) is 10.5 Å². The highest BCUT2D eigenvalue weighted by atomic mass is 35.5. The Morgan fingerprint density at radius 2 is 2.08 bits per heavy atom. The number of nitrogens with two attached hydrogens (primary N) is 2. The lowest BCUT2D eigenvalue weighted by Gasteiger charge is -2.03. The lowest BCUT2D eigenvalue weighted by atomic mass is 10.4. The van der Waals surface area contributed by atoms with Gasteiger partial charge in [0, 0.05) is 0 Å². The third-order valence-electron chi connectivity index (χ3n) is 1.27. The van der Waals surface area contributed by atoms with Crippen molar-refractivity contribution in [3.8, 4) is 0 Å². The average Bonchev–Trinajstić information content (AvgIpc) is 2.10. The fraction of sp³-hybridized carbons (Fsp3) is 0.167. The van der Waals surface area contributed by atoms with Gasteiger partial charge in [0.25, 0.3) is 0 Å². The Morgan fingerprint density at radius 1 is 1.46 bits per heavy atom. The standard InChI is InChI=1S/C6H7ClN4O2/c1-13-5(12)3-2(7)4(8)11-6(9)10-3/h1H3,(H4,8,9,10,11). The molecule has 0 amide bonds. The quantitative estimate of drug-likeness (QED) is 0.625. The second-order valence-corrected chi connectivity index (χ2v) is 2.50. The summed E-state index contributed by atoms with van der Waals surface area (Å²) in [6, 6.07) is 0. The van der Waals surface area contributed by atoms with E-state index in [1.807, 2.05) is 0 Å². The molecule has 0 bridgehead atoms. The van der Waals surface area contributed by atoms with Crippen LogP contribution in [-0.2, 0) is 4.74 Å². The number of hydrogen-bond donors (Lipinski definition) is 2. The largest absolute Gasteiger partial charge is 0.464 e. The second kappa shape index (κ2) is 3.44. The molecule has 0 aliphatic carbocycles. The van der Waals surface area contributed by atoms with Crippen molar-refractivity contribution < 1.29 is 9.53 Å². The topological polar surface area (TPSA) is 104 Å². The zero-order valence-electron chi connectivity index (χ0n) is 6.74. The van der Waals surface area contributed by atoms with Gasteiger partial charge in [-0.25, -0.2) is 9.78 Å². The Morgan fingerprint density at radius 3 is 2.62 bits per heavy atom. The zero-order chi connectivity index (χ0) is 10.0. The van der Waals surface area contributed by atoms with Crippen molar-refractivity contribution in [1.82, 2.24) is 9.97 Å². The number of hydrogen-bond acceptors (Lipinski definition) is 6. The number of carbonyl (C=O) groups is 1. The van der Waals surface area contributed by atoms with Crippen LogP contribution < -0.4 is 11.5 Å². The predicted octanol–water partition coefficient (Wildman–Crippen LogP) is 0.0810. The lowest BCUT2D eigenvalue weighted by Crippen LogP contribution is -2.10. The summed E-state index contributed by atoms with van der Waals surface area (Å²) in [6.45, 7) is 0. The summed E-state index contributed by atoms with van der Waals surface area (Å²) in [5, 5.41) is -0.0546. The summed E-state index contributed by atoms with van der Waals surface area (Å²) in [6.07, 6.45) is 0. The summed E-state index contributed by atoms with van der Waals surface area (Å²) in [7, 11) is 1.20. The molecule has 0 aliphatic rings. The molecule has 1 aromatic rings. The first-order valence-corrected chi connectivity index (χ1v) is 3.61. The van der Waals surface area contributed by atoms with Crippen molar-refractivity contribution in [3.05, 3.63) is 10.7 Å². The van der Waals surface area contributed by atoms with Crippen LogP contribution in [0.5, 0.6) is 0 Å². The van der Waals surface area contributed by atoms with Gasteiger partial charge in [-0.05, 0) is 0 Å². The molecule has 0 atom stereocenters. The number of methoxy groups -OCH3 is 1. The summed E-state index contributed by atoms with van der Waals surface area (Å²) >= 11 is 5.63. The van der Waals surface area contributed by atoms with Gasteiger partial charge in [0.1, 0.15) is 10.8 Å². The molecule has 1 aromatic heterocycles. The van der Waals surface area contributed by atoms with E-state index in [2.05, 4.69) is 14.7 Å². The number of rotatable bonds is 1. The maximum absolute atomic E-state index is 11.0. The maximum Gasteiger partial charge on any atom is 0.358 e. The Bertz CT molecular complexity index is 355. The highest BCUT2D eigenvalue weighted by molar-refractivity contribution is 6.35. The minimum atomic E-state index is -0.703. The predicted molar refractivity (Wildman–Crippen MR) is 47.2 cm³/mol. The Hall–Kier alpha value is -1.56. The first-order valence-electron chi connectivity index (χ1n) is 3.23. The van der Waals surface area contributed by atoms with Gasteiger partial charge in [0.2, 0.25) is 5.95 Å². The van der Waals surface area contributed by atoms with Crippen molar-refractivity contribution in [2.75, 3.05) is 18.6 Å². The highest BCUT2D eigenvalue weighted by Gasteiger charge is 2.16. The van der Waals surface area contributed by atoms with Gasteiger partial charge in [-0.3, -0.25) is 0 Å². The second-order valence-electron chi connectivity index (χ2n) is 2.12. The first-order chi connectivity index (χ1) is 6.06. The molecule has 70 valence electrons. The normalized spacial score (nSPS) is 9.69. The van der Waals surface area contributed by atoms with Crippen LogP contribution in [0.2, 0.25) is 5.02 Å². The minimum absolute atomic E-state index is 0.0467. The molecule has 7 heteroatoms. The number of ether oxygens (including phenoxy) is 1. The lowest BCUT2D eigenvalue weighted by molar-refractivity contribution is 0.0594. The molecule has 13 heavy (non-hydrogen) atoms. The third-order valence-corrected chi connectivity index (χ3v) is 1.65. The number of aromatic nitrogens is 2. The Kier molecular flexibility index (Phi) is 2.52. The molecule has 0 fully saturated rings. The molecule has 6 nitrogen and oxygen atoms in total. The number of nitrogens with zero attached hydrogens (tertiary/aromatic N) is 2. The molecule has 0 saturated heterocycles. The van der Waals surface area contributed by atoms with Gasteiger partial charge in [-0.1, -0.05) is 11.6 Å². The van der Waals surface area contributed by atoms with Gasteiger partial charge in [0.15, 0.2) is 5.69 Å². The molecule has 4 N–H and O–H groups in total. The monoisotopic (exact) mass is 202 g/mol. The number of anilines is 2. The van der Waals surface area contributed by atoms with E-state index >= 15 is 0 Å². The maximum atomic E-state index is 11.0. The van der Waals surface area contributed by atoms with E-state index in [9.17, 15) is 4.79 Å². The van der Waals surface area contributed by atoms with Crippen molar-refractivity contribution in [2.24, 2.45) is 0 Å². The number of esters is 1. The molecule has 1 rings (SSSR count). The van der Waals surface area contributed by atoms with E-state index in [1.165, 1.54) is 7.11 Å². The third kappa shape index (κ3) is 1.78. The molecular formula is C6H7ClN4O2. The highest BCUT2D eigenvalue weighted by Crippen LogP contribution is 2.21. The molecule has 0 aromatic carbocycles. The van der Waals surface area contributed by atoms with Gasteiger partial charge < -0.3 is 16.2 Å². The number of carbonyl (C=O) groups excluding carboxylic acids is 1. The van der Waals surface area contributed by atoms with Crippen LogP contribution in [0.3, 0.4) is 0 Å². The van der Waals surface area contributed by atoms with Gasteiger partial charge in [-0.2, -0.15) is 4.98 Å². The molecule has 0 radical (unpaired) electrons. The zero-order valence-corrected chi connectivity index (χ0v) is 7.50. The van der Waals surface area contributed by atoms with Crippen LogP contribution in [-0.4, -0.2) is 23.0 Å². The fourth-order valence-electron chi connectivity index (χ4n) is 0.714. The fourth-order valence-corrected chi connectivity index (χ4v) is 0.876. The minimum Gasteiger partial charge on any atom is -0.464 e. The first kappa shape index (κ1) is 9.53. The average molecular weight is 203 g/mol. The van der Waals surface area contributed by atoms with E-state index < -0.39 is 5.97 Å². The summed E-state index contributed by atoms with van der Waals surface area (Å²) < 4.78 is 4.40. The van der Waals surface area contributed by atoms with Crippen LogP contribution in [0, 0.1) is 0 Å². The van der Waals surface area contributed by atoms with Crippen molar-refractivity contribution in [3.63, 3.8) is 0 Å². The van der Waals surface area contributed by atoms with E-state index in [0.29, 0.717) is 0 Å². The molecule has 0 spiro atoms. The van der Waals surface area contributed by atoms with E-state index in [-0.39, 0.29) is 22.5 Å². The number of nitrogen functional groups attached to an aromatic ring is 2. The smallest absolute Gasteiger partial charge is 0.358 e. The van der Waals surface area contributed by atoms with Crippen molar-refractivity contribution in [2.45, 2.75) is 0 Å². The summed E-state index contributed by atoms with van der Waals surface area (Å²) in [5.41, 5.74) is 10.5. The summed E-state index contributed by atoms with van der Waals surface area (Å²) in [5.74, 6) is -0.873. The van der Waals surface area contributed by atoms with Gasteiger partial charge >= 0.3 is 5.97 Å². The van der Waals surface area contributed by atoms with E-state index in [1.54, 1.807) is 0 Å². The summed E-state index contributed by atoms with van der Waals surface area (Å²) in [4.78, 5) is 18.2. The van der Waals surface area contributed by atoms with Crippen LogP contribution in [0.4, 0.5) is 11.8 Å². The SMILES string of the molecule is COC(=O)c1nc(N)nc(N)c1Cl. The Balaban J connectivity index is 3.28.